The Kier molecular flexibility index (Phi) is 6.75. The first-order valence-electron chi connectivity index (χ1n) is 9.52. The molecule has 1 aromatic heterocycles. The molecule has 1 aliphatic rings. The summed E-state index contributed by atoms with van der Waals surface area (Å²) in [5.74, 6) is 1.41. The molecule has 150 valence electrons. The Hall–Kier alpha value is -2.31. The van der Waals surface area contributed by atoms with Crippen LogP contribution in [0.5, 0.6) is 0 Å². The summed E-state index contributed by atoms with van der Waals surface area (Å²) in [5, 5.41) is 3.67. The molecule has 0 spiro atoms. The Morgan fingerprint density at radius 1 is 1.11 bits per heavy atom. The molecule has 0 bridgehead atoms. The number of aryl methyl sites for hydroxylation is 2. The van der Waals surface area contributed by atoms with Gasteiger partial charge in [0.2, 0.25) is 5.91 Å². The fourth-order valence-corrected chi connectivity index (χ4v) is 3.50. The summed E-state index contributed by atoms with van der Waals surface area (Å²) in [5.41, 5.74) is 1.77. The van der Waals surface area contributed by atoms with Crippen molar-refractivity contribution in [2.75, 3.05) is 39.3 Å². The number of piperazine rings is 1. The number of nitrogens with zero attached hydrogens (tertiary/aromatic N) is 2. The number of benzene rings is 1. The van der Waals surface area contributed by atoms with E-state index in [2.05, 4.69) is 10.2 Å². The molecule has 3 rings (SSSR count). The molecule has 2 heterocycles. The number of carbonyl (C=O) groups is 2. The van der Waals surface area contributed by atoms with Gasteiger partial charge in [-0.15, -0.1) is 0 Å². The van der Waals surface area contributed by atoms with E-state index >= 15 is 0 Å². The summed E-state index contributed by atoms with van der Waals surface area (Å²) in [6.07, 6.45) is 0.772. The van der Waals surface area contributed by atoms with Crippen LogP contribution in [0.2, 0.25) is 5.02 Å². The molecule has 1 aromatic carbocycles. The van der Waals surface area contributed by atoms with Crippen LogP contribution in [0.15, 0.2) is 34.7 Å². The van der Waals surface area contributed by atoms with Gasteiger partial charge in [-0.3, -0.25) is 14.5 Å². The van der Waals surface area contributed by atoms with Gasteiger partial charge >= 0.3 is 0 Å². The van der Waals surface area contributed by atoms with E-state index < -0.39 is 0 Å². The minimum Gasteiger partial charge on any atom is -0.466 e. The molecule has 28 heavy (non-hydrogen) atoms. The molecule has 0 aliphatic carbocycles. The Morgan fingerprint density at radius 3 is 2.39 bits per heavy atom. The van der Waals surface area contributed by atoms with E-state index in [1.165, 1.54) is 0 Å². The third-order valence-corrected chi connectivity index (χ3v) is 5.20. The van der Waals surface area contributed by atoms with Crippen molar-refractivity contribution in [2.45, 2.75) is 20.3 Å². The number of hydrogen-bond acceptors (Lipinski definition) is 4. The fourth-order valence-electron chi connectivity index (χ4n) is 3.38. The van der Waals surface area contributed by atoms with Crippen LogP contribution >= 0.6 is 11.6 Å². The number of amides is 2. The highest BCUT2D eigenvalue weighted by molar-refractivity contribution is 6.30. The standard InChI is InChI=1S/C21H26ClN3O3/c1-15-13-19(16(2)28-15)21(27)25-11-9-24(10-12-25)14-20(26)23-8-7-17-3-5-18(22)6-4-17/h3-6,13H,7-12,14H2,1-2H3,(H,23,26). The molecule has 1 saturated heterocycles. The van der Waals surface area contributed by atoms with Gasteiger partial charge in [-0.25, -0.2) is 0 Å². The van der Waals surface area contributed by atoms with E-state index in [-0.39, 0.29) is 11.8 Å². The highest BCUT2D eigenvalue weighted by Gasteiger charge is 2.25. The van der Waals surface area contributed by atoms with Gasteiger partial charge in [0.25, 0.3) is 5.91 Å². The van der Waals surface area contributed by atoms with Crippen molar-refractivity contribution in [3.63, 3.8) is 0 Å². The van der Waals surface area contributed by atoms with Gasteiger partial charge in [0.15, 0.2) is 0 Å². The molecule has 1 aliphatic heterocycles. The maximum absolute atomic E-state index is 12.6. The van der Waals surface area contributed by atoms with E-state index in [9.17, 15) is 9.59 Å². The molecule has 7 heteroatoms. The second-order valence-corrected chi connectivity index (χ2v) is 7.56. The van der Waals surface area contributed by atoms with Crippen molar-refractivity contribution in [3.05, 3.63) is 58.0 Å². The van der Waals surface area contributed by atoms with Crippen LogP contribution in [-0.2, 0) is 11.2 Å². The summed E-state index contributed by atoms with van der Waals surface area (Å²) in [6, 6.07) is 9.43. The largest absolute Gasteiger partial charge is 0.466 e. The van der Waals surface area contributed by atoms with E-state index in [0.29, 0.717) is 55.6 Å². The lowest BCUT2D eigenvalue weighted by Crippen LogP contribution is -2.51. The van der Waals surface area contributed by atoms with Crippen molar-refractivity contribution >= 4 is 23.4 Å². The summed E-state index contributed by atoms with van der Waals surface area (Å²) in [4.78, 5) is 28.7. The number of carbonyl (C=O) groups excluding carboxylic acids is 2. The zero-order valence-corrected chi connectivity index (χ0v) is 17.1. The minimum atomic E-state index is 0.00131. The smallest absolute Gasteiger partial charge is 0.257 e. The first-order chi connectivity index (χ1) is 13.4. The summed E-state index contributed by atoms with van der Waals surface area (Å²) in [7, 11) is 0. The molecule has 1 N–H and O–H groups in total. The van der Waals surface area contributed by atoms with Crippen molar-refractivity contribution < 1.29 is 14.0 Å². The van der Waals surface area contributed by atoms with Crippen molar-refractivity contribution in [1.29, 1.82) is 0 Å². The molecule has 6 nitrogen and oxygen atoms in total. The van der Waals surface area contributed by atoms with Crippen molar-refractivity contribution in [2.24, 2.45) is 0 Å². The second kappa shape index (κ2) is 9.26. The highest BCUT2D eigenvalue weighted by Crippen LogP contribution is 2.17. The highest BCUT2D eigenvalue weighted by atomic mass is 35.5. The number of halogens is 1. The first kappa shape index (κ1) is 20.4. The van der Waals surface area contributed by atoms with Crippen molar-refractivity contribution in [1.82, 2.24) is 15.1 Å². The normalized spacial score (nSPS) is 14.9. The predicted octanol–water partition coefficient (Wildman–Crippen LogP) is 2.67. The molecule has 1 fully saturated rings. The van der Waals surface area contributed by atoms with Gasteiger partial charge in [0, 0.05) is 37.7 Å². The summed E-state index contributed by atoms with van der Waals surface area (Å²) >= 11 is 5.87. The lowest BCUT2D eigenvalue weighted by Gasteiger charge is -2.34. The Bertz CT molecular complexity index is 824. The van der Waals surface area contributed by atoms with E-state index in [1.54, 1.807) is 6.07 Å². The number of furan rings is 1. The maximum atomic E-state index is 12.6. The summed E-state index contributed by atoms with van der Waals surface area (Å²) in [6.45, 7) is 7.20. The SMILES string of the molecule is Cc1cc(C(=O)N2CCN(CC(=O)NCCc3ccc(Cl)cc3)CC2)c(C)o1. The van der Waals surface area contributed by atoms with Gasteiger partial charge in [-0.2, -0.15) is 0 Å². The number of rotatable bonds is 6. The van der Waals surface area contributed by atoms with Gasteiger partial charge in [0.05, 0.1) is 12.1 Å². The molecule has 2 aromatic rings. The number of hydrogen-bond donors (Lipinski definition) is 1. The average molecular weight is 404 g/mol. The fraction of sp³-hybridized carbons (Fsp3) is 0.429. The van der Waals surface area contributed by atoms with Crippen LogP contribution in [0.1, 0.15) is 27.4 Å². The predicted molar refractivity (Wildman–Crippen MR) is 109 cm³/mol. The molecule has 0 atom stereocenters. The van der Waals surface area contributed by atoms with Gasteiger partial charge in [0.1, 0.15) is 11.5 Å². The third-order valence-electron chi connectivity index (χ3n) is 4.95. The van der Waals surface area contributed by atoms with Crippen LogP contribution in [0.25, 0.3) is 0 Å². The lowest BCUT2D eigenvalue weighted by molar-refractivity contribution is -0.122. The monoisotopic (exact) mass is 403 g/mol. The van der Waals surface area contributed by atoms with E-state index in [0.717, 1.165) is 17.7 Å². The van der Waals surface area contributed by atoms with E-state index in [1.807, 2.05) is 43.0 Å². The topological polar surface area (TPSA) is 65.8 Å². The third kappa shape index (κ3) is 5.36. The lowest BCUT2D eigenvalue weighted by atomic mass is 10.1. The molecule has 2 amide bonds. The van der Waals surface area contributed by atoms with Crippen molar-refractivity contribution in [3.8, 4) is 0 Å². The Balaban J connectivity index is 1.39. The molecule has 0 unspecified atom stereocenters. The minimum absolute atomic E-state index is 0.00131. The Labute approximate surface area is 170 Å². The van der Waals surface area contributed by atoms with E-state index in [4.69, 9.17) is 16.0 Å². The Morgan fingerprint density at radius 2 is 1.79 bits per heavy atom. The molecule has 0 radical (unpaired) electrons. The number of nitrogens with one attached hydrogen (secondary N) is 1. The molecular weight excluding hydrogens is 378 g/mol. The average Bonchev–Trinajstić information content (AvgIpc) is 3.01. The van der Waals surface area contributed by atoms with Crippen LogP contribution in [0.3, 0.4) is 0 Å². The van der Waals surface area contributed by atoms with Gasteiger partial charge in [-0.05, 0) is 44.0 Å². The van der Waals surface area contributed by atoms with Gasteiger partial charge in [-0.1, -0.05) is 23.7 Å². The molecule has 0 saturated carbocycles. The van der Waals surface area contributed by atoms with Crippen LogP contribution in [0, 0.1) is 13.8 Å². The zero-order chi connectivity index (χ0) is 20.1. The molecular formula is C21H26ClN3O3. The maximum Gasteiger partial charge on any atom is 0.257 e. The first-order valence-corrected chi connectivity index (χ1v) is 9.90. The van der Waals surface area contributed by atoms with Crippen LogP contribution in [-0.4, -0.2) is 60.9 Å². The zero-order valence-electron chi connectivity index (χ0n) is 16.3. The summed E-state index contributed by atoms with van der Waals surface area (Å²) < 4.78 is 5.46. The van der Waals surface area contributed by atoms with Crippen LogP contribution in [0.4, 0.5) is 0 Å². The quantitative estimate of drug-likeness (QED) is 0.805. The second-order valence-electron chi connectivity index (χ2n) is 7.12. The van der Waals surface area contributed by atoms with Gasteiger partial charge < -0.3 is 14.6 Å². The van der Waals surface area contributed by atoms with Crippen LogP contribution < -0.4 is 5.32 Å².